The van der Waals surface area contributed by atoms with Crippen LogP contribution in [-0.2, 0) is 6.42 Å². The van der Waals surface area contributed by atoms with E-state index in [2.05, 4.69) is 58.5 Å². The fourth-order valence-electron chi connectivity index (χ4n) is 3.80. The summed E-state index contributed by atoms with van der Waals surface area (Å²) in [5.41, 5.74) is 4.93. The van der Waals surface area contributed by atoms with Crippen LogP contribution in [0.1, 0.15) is 50.3 Å². The molecule has 2 aromatic carbocycles. The van der Waals surface area contributed by atoms with Crippen LogP contribution < -0.4 is 5.32 Å². The Morgan fingerprint density at radius 1 is 1.10 bits per heavy atom. The molecule has 7 heteroatoms. The van der Waals surface area contributed by atoms with E-state index in [9.17, 15) is 4.39 Å². The summed E-state index contributed by atoms with van der Waals surface area (Å²) in [6, 6.07) is 14.3. The van der Waals surface area contributed by atoms with E-state index in [4.69, 9.17) is 16.7 Å². The molecule has 0 bridgehead atoms. The van der Waals surface area contributed by atoms with Gasteiger partial charge in [-0.25, -0.2) is 4.39 Å². The Labute approximate surface area is 187 Å². The molecule has 3 aromatic rings. The van der Waals surface area contributed by atoms with Gasteiger partial charge in [-0.2, -0.15) is 4.98 Å². The van der Waals surface area contributed by atoms with Crippen LogP contribution >= 0.6 is 12.2 Å². The van der Waals surface area contributed by atoms with Crippen LogP contribution in [0.25, 0.3) is 17.0 Å². The van der Waals surface area contributed by atoms with Crippen molar-refractivity contribution in [1.29, 1.82) is 0 Å². The van der Waals surface area contributed by atoms with Crippen LogP contribution in [-0.4, -0.2) is 26.7 Å². The molecule has 0 saturated carbocycles. The van der Waals surface area contributed by atoms with Crippen molar-refractivity contribution in [3.63, 3.8) is 0 Å². The predicted molar refractivity (Wildman–Crippen MR) is 124 cm³/mol. The highest BCUT2D eigenvalue weighted by Crippen LogP contribution is 2.37. The van der Waals surface area contributed by atoms with Crippen molar-refractivity contribution in [1.82, 2.24) is 20.4 Å². The number of halogens is 1. The Morgan fingerprint density at radius 3 is 2.45 bits per heavy atom. The SMILES string of the molecule is CCCN1C(=S)NC(c2ccc(CC)cc2)C(c2nc(-c3ccc(F)cc3)no2)=C1C. The summed E-state index contributed by atoms with van der Waals surface area (Å²) in [5, 5.41) is 8.30. The lowest BCUT2D eigenvalue weighted by Crippen LogP contribution is -2.46. The van der Waals surface area contributed by atoms with Crippen molar-refractivity contribution in [2.24, 2.45) is 0 Å². The average molecular weight is 437 g/mol. The normalized spacial score (nSPS) is 16.6. The molecule has 1 aromatic heterocycles. The van der Waals surface area contributed by atoms with Crippen molar-refractivity contribution in [2.75, 3.05) is 6.54 Å². The summed E-state index contributed by atoms with van der Waals surface area (Å²) in [7, 11) is 0. The number of aryl methyl sites for hydroxylation is 1. The quantitative estimate of drug-likeness (QED) is 0.514. The Kier molecular flexibility index (Phi) is 6.13. The van der Waals surface area contributed by atoms with E-state index in [1.54, 1.807) is 12.1 Å². The molecule has 1 aliphatic rings. The lowest BCUT2D eigenvalue weighted by molar-refractivity contribution is 0.396. The van der Waals surface area contributed by atoms with Gasteiger partial charge in [0.15, 0.2) is 5.11 Å². The van der Waals surface area contributed by atoms with Crippen molar-refractivity contribution < 1.29 is 8.91 Å². The molecule has 0 aliphatic carbocycles. The van der Waals surface area contributed by atoms with Gasteiger partial charge in [-0.05, 0) is 67.4 Å². The van der Waals surface area contributed by atoms with Crippen LogP contribution in [0, 0.1) is 5.82 Å². The molecular weight excluding hydrogens is 411 g/mol. The second-order valence-electron chi connectivity index (χ2n) is 7.56. The van der Waals surface area contributed by atoms with Crippen molar-refractivity contribution in [3.8, 4) is 11.4 Å². The van der Waals surface area contributed by atoms with Gasteiger partial charge in [-0.15, -0.1) is 0 Å². The van der Waals surface area contributed by atoms with Gasteiger partial charge in [0.1, 0.15) is 5.82 Å². The van der Waals surface area contributed by atoms with E-state index in [1.807, 2.05) is 6.92 Å². The van der Waals surface area contributed by atoms with Crippen LogP contribution in [0.2, 0.25) is 0 Å². The topological polar surface area (TPSA) is 54.2 Å². The standard InChI is InChI=1S/C24H25FN4OS/c1-4-14-29-15(3)20(21(26-24(29)31)17-8-6-16(5-2)7-9-17)23-27-22(28-30-23)18-10-12-19(25)13-11-18/h6-13,21H,4-5,14H2,1-3H3,(H,26,31). The monoisotopic (exact) mass is 436 g/mol. The second kappa shape index (κ2) is 8.98. The number of hydrogen-bond acceptors (Lipinski definition) is 4. The summed E-state index contributed by atoms with van der Waals surface area (Å²) in [6.07, 6.45) is 1.93. The maximum Gasteiger partial charge on any atom is 0.258 e. The third-order valence-corrected chi connectivity index (χ3v) is 5.86. The van der Waals surface area contributed by atoms with Crippen LogP contribution in [0.4, 0.5) is 4.39 Å². The van der Waals surface area contributed by atoms with Crippen LogP contribution in [0.3, 0.4) is 0 Å². The van der Waals surface area contributed by atoms with E-state index in [0.717, 1.165) is 36.2 Å². The van der Waals surface area contributed by atoms with Gasteiger partial charge in [0, 0.05) is 17.8 Å². The van der Waals surface area contributed by atoms with Crippen LogP contribution in [0.5, 0.6) is 0 Å². The molecule has 1 unspecified atom stereocenters. The molecule has 1 aliphatic heterocycles. The number of nitrogens with zero attached hydrogens (tertiary/aromatic N) is 3. The third kappa shape index (κ3) is 4.23. The minimum absolute atomic E-state index is 0.201. The Bertz CT molecular complexity index is 1110. The van der Waals surface area contributed by atoms with E-state index >= 15 is 0 Å². The minimum Gasteiger partial charge on any atom is -0.351 e. The summed E-state index contributed by atoms with van der Waals surface area (Å²) >= 11 is 5.67. The van der Waals surface area contributed by atoms with Crippen molar-refractivity contribution in [3.05, 3.63) is 77.1 Å². The number of thiocarbonyl (C=S) groups is 1. The highest BCUT2D eigenvalue weighted by atomic mass is 32.1. The summed E-state index contributed by atoms with van der Waals surface area (Å²) < 4.78 is 19.0. The van der Waals surface area contributed by atoms with E-state index < -0.39 is 0 Å². The number of allylic oxidation sites excluding steroid dienone is 1. The first-order chi connectivity index (χ1) is 15.0. The average Bonchev–Trinajstić information content (AvgIpc) is 3.26. The number of aromatic nitrogens is 2. The first-order valence-electron chi connectivity index (χ1n) is 10.5. The van der Waals surface area contributed by atoms with Gasteiger partial charge in [-0.3, -0.25) is 0 Å². The Morgan fingerprint density at radius 2 is 1.81 bits per heavy atom. The first kappa shape index (κ1) is 21.2. The first-order valence-corrected chi connectivity index (χ1v) is 10.9. The smallest absolute Gasteiger partial charge is 0.258 e. The van der Waals surface area contributed by atoms with Gasteiger partial charge in [0.2, 0.25) is 5.82 Å². The zero-order valence-corrected chi connectivity index (χ0v) is 18.7. The molecule has 5 nitrogen and oxygen atoms in total. The third-order valence-electron chi connectivity index (χ3n) is 5.52. The highest BCUT2D eigenvalue weighted by Gasteiger charge is 2.33. The number of benzene rings is 2. The van der Waals surface area contributed by atoms with E-state index in [-0.39, 0.29) is 11.9 Å². The molecule has 0 spiro atoms. The Balaban J connectivity index is 1.79. The number of hydrogen-bond donors (Lipinski definition) is 1. The molecule has 0 fully saturated rings. The maximum absolute atomic E-state index is 13.3. The van der Waals surface area contributed by atoms with Crippen LogP contribution in [0.15, 0.2) is 58.8 Å². The molecule has 31 heavy (non-hydrogen) atoms. The molecule has 4 rings (SSSR count). The molecule has 0 saturated heterocycles. The predicted octanol–water partition coefficient (Wildman–Crippen LogP) is 5.51. The zero-order chi connectivity index (χ0) is 22.0. The summed E-state index contributed by atoms with van der Waals surface area (Å²) in [6.45, 7) is 7.08. The fraction of sp³-hybridized carbons (Fsp3) is 0.292. The maximum atomic E-state index is 13.3. The van der Waals surface area contributed by atoms with E-state index in [0.29, 0.717) is 22.4 Å². The lowest BCUT2D eigenvalue weighted by atomic mass is 9.94. The fourth-order valence-corrected chi connectivity index (χ4v) is 4.14. The Hall–Kier alpha value is -3.06. The number of rotatable bonds is 6. The zero-order valence-electron chi connectivity index (χ0n) is 17.9. The number of nitrogens with one attached hydrogen (secondary N) is 1. The van der Waals surface area contributed by atoms with Gasteiger partial charge in [0.25, 0.3) is 5.89 Å². The van der Waals surface area contributed by atoms with Crippen molar-refractivity contribution >= 4 is 22.9 Å². The lowest BCUT2D eigenvalue weighted by Gasteiger charge is -2.37. The van der Waals surface area contributed by atoms with E-state index in [1.165, 1.54) is 17.7 Å². The summed E-state index contributed by atoms with van der Waals surface area (Å²) in [5.74, 6) is 0.546. The molecule has 0 amide bonds. The molecule has 2 heterocycles. The van der Waals surface area contributed by atoms with Gasteiger partial charge >= 0.3 is 0 Å². The highest BCUT2D eigenvalue weighted by molar-refractivity contribution is 7.80. The van der Waals surface area contributed by atoms with Crippen molar-refractivity contribution in [2.45, 2.75) is 39.7 Å². The summed E-state index contributed by atoms with van der Waals surface area (Å²) in [4.78, 5) is 6.72. The molecule has 160 valence electrons. The van der Waals surface area contributed by atoms with Gasteiger partial charge in [0.05, 0.1) is 11.6 Å². The largest absolute Gasteiger partial charge is 0.351 e. The molecular formula is C24H25FN4OS. The molecule has 0 radical (unpaired) electrons. The molecule has 1 N–H and O–H groups in total. The van der Waals surface area contributed by atoms with Gasteiger partial charge < -0.3 is 14.7 Å². The molecule has 1 atom stereocenters. The van der Waals surface area contributed by atoms with Gasteiger partial charge in [-0.1, -0.05) is 43.3 Å². The second-order valence-corrected chi connectivity index (χ2v) is 7.95. The minimum atomic E-state index is -0.304.